The van der Waals surface area contributed by atoms with Gasteiger partial charge in [0.15, 0.2) is 9.84 Å². The van der Waals surface area contributed by atoms with Gasteiger partial charge in [-0.3, -0.25) is 4.79 Å². The van der Waals surface area contributed by atoms with E-state index in [2.05, 4.69) is 19.2 Å². The number of rotatable bonds is 9. The van der Waals surface area contributed by atoms with E-state index in [-0.39, 0.29) is 17.3 Å². The molecule has 0 aliphatic rings. The van der Waals surface area contributed by atoms with Crippen molar-refractivity contribution in [3.8, 4) is 0 Å². The van der Waals surface area contributed by atoms with Gasteiger partial charge in [0, 0.05) is 13.0 Å². The maximum atomic E-state index is 13.1. The second-order valence-corrected chi connectivity index (χ2v) is 8.81. The first-order valence-corrected chi connectivity index (χ1v) is 10.5. The number of amides is 1. The monoisotopic (exact) mass is 377 g/mol. The third-order valence-electron chi connectivity index (χ3n) is 4.35. The Morgan fingerprint density at radius 3 is 2.38 bits per heavy atom. The van der Waals surface area contributed by atoms with Crippen LogP contribution in [0.15, 0.2) is 52.0 Å². The summed E-state index contributed by atoms with van der Waals surface area (Å²) in [6.07, 6.45) is 3.53. The van der Waals surface area contributed by atoms with E-state index in [0.717, 1.165) is 18.4 Å². The van der Waals surface area contributed by atoms with Crippen LogP contribution >= 0.6 is 0 Å². The second kappa shape index (κ2) is 9.03. The van der Waals surface area contributed by atoms with E-state index in [1.807, 2.05) is 19.1 Å². The summed E-state index contributed by atoms with van der Waals surface area (Å²) < 4.78 is 31.6. The van der Waals surface area contributed by atoms with Gasteiger partial charge in [-0.2, -0.15) is 0 Å². The van der Waals surface area contributed by atoms with Crippen molar-refractivity contribution >= 4 is 15.7 Å². The molecule has 0 aliphatic carbocycles. The second-order valence-electron chi connectivity index (χ2n) is 6.68. The summed E-state index contributed by atoms with van der Waals surface area (Å²) in [6.45, 7) is 6.11. The molecule has 1 heterocycles. The molecule has 1 atom stereocenters. The van der Waals surface area contributed by atoms with Crippen molar-refractivity contribution in [3.63, 3.8) is 0 Å². The van der Waals surface area contributed by atoms with Crippen LogP contribution in [-0.2, 0) is 14.6 Å². The molecule has 0 aliphatic heterocycles. The summed E-state index contributed by atoms with van der Waals surface area (Å²) >= 11 is 0. The van der Waals surface area contributed by atoms with Crippen LogP contribution < -0.4 is 5.32 Å². The molecule has 2 aromatic rings. The summed E-state index contributed by atoms with van der Waals surface area (Å²) in [6, 6.07) is 10.2. The van der Waals surface area contributed by atoms with Crippen molar-refractivity contribution < 1.29 is 17.6 Å². The van der Waals surface area contributed by atoms with Gasteiger partial charge in [0.05, 0.1) is 11.2 Å². The Labute approximate surface area is 155 Å². The first-order chi connectivity index (χ1) is 12.4. The quantitative estimate of drug-likeness (QED) is 0.710. The van der Waals surface area contributed by atoms with Crippen LogP contribution in [0, 0.1) is 0 Å². The molecule has 1 N–H and O–H groups in total. The van der Waals surface area contributed by atoms with Gasteiger partial charge >= 0.3 is 0 Å². The van der Waals surface area contributed by atoms with Gasteiger partial charge in [-0.15, -0.1) is 0 Å². The van der Waals surface area contributed by atoms with Gasteiger partial charge in [-0.05, 0) is 42.2 Å². The lowest BCUT2D eigenvalue weighted by Gasteiger charge is -2.17. The predicted molar refractivity (Wildman–Crippen MR) is 102 cm³/mol. The Kier molecular flexibility index (Phi) is 7.03. The Morgan fingerprint density at radius 1 is 1.15 bits per heavy atom. The zero-order chi connectivity index (χ0) is 19.2. The van der Waals surface area contributed by atoms with Crippen molar-refractivity contribution in [1.82, 2.24) is 5.32 Å². The molecule has 1 aromatic heterocycles. The van der Waals surface area contributed by atoms with Crippen molar-refractivity contribution in [2.45, 2.75) is 56.1 Å². The number of unbranched alkanes of at least 4 members (excludes halogenated alkanes) is 1. The Bertz CT molecular complexity index is 793. The number of nitrogens with one attached hydrogen (secondary N) is 1. The normalized spacial score (nSPS) is 12.9. The average molecular weight is 378 g/mol. The summed E-state index contributed by atoms with van der Waals surface area (Å²) in [5.74, 6) is 0.507. The molecule has 0 saturated carbocycles. The Hall–Kier alpha value is -2.08. The fraction of sp³-hybridized carbons (Fsp3) is 0.450. The lowest BCUT2D eigenvalue weighted by atomic mass is 10.0. The van der Waals surface area contributed by atoms with Crippen LogP contribution in [0.3, 0.4) is 0 Å². The Morgan fingerprint density at radius 2 is 1.85 bits per heavy atom. The third kappa shape index (κ3) is 4.97. The minimum atomic E-state index is -3.69. The minimum Gasteiger partial charge on any atom is -0.468 e. The average Bonchev–Trinajstić information content (AvgIpc) is 3.14. The number of carbonyl (C=O) groups is 1. The summed E-state index contributed by atoms with van der Waals surface area (Å²) in [5, 5.41) is 1.78. The first-order valence-electron chi connectivity index (χ1n) is 9.00. The Balaban J connectivity index is 2.24. The van der Waals surface area contributed by atoms with Gasteiger partial charge < -0.3 is 9.73 Å². The fourth-order valence-electron chi connectivity index (χ4n) is 2.68. The minimum absolute atomic E-state index is 0.00960. The molecule has 142 valence electrons. The molecular weight excluding hydrogens is 350 g/mol. The van der Waals surface area contributed by atoms with Crippen molar-refractivity contribution in [2.24, 2.45) is 0 Å². The molecule has 0 fully saturated rings. The van der Waals surface area contributed by atoms with Crippen LogP contribution in [0.4, 0.5) is 0 Å². The fourth-order valence-corrected chi connectivity index (χ4v) is 4.26. The molecule has 5 nitrogen and oxygen atoms in total. The highest BCUT2D eigenvalue weighted by atomic mass is 32.2. The number of furan rings is 1. The topological polar surface area (TPSA) is 76.4 Å². The first kappa shape index (κ1) is 20.2. The zero-order valence-electron chi connectivity index (χ0n) is 15.6. The van der Waals surface area contributed by atoms with Gasteiger partial charge in [0.1, 0.15) is 11.0 Å². The smallest absolute Gasteiger partial charge is 0.220 e. The van der Waals surface area contributed by atoms with Gasteiger partial charge in [0.25, 0.3) is 0 Å². The van der Waals surface area contributed by atoms with Crippen LogP contribution in [0.25, 0.3) is 0 Å². The van der Waals surface area contributed by atoms with Gasteiger partial charge in [-0.25, -0.2) is 8.42 Å². The summed E-state index contributed by atoms with van der Waals surface area (Å²) in [4.78, 5) is 12.2. The highest BCUT2D eigenvalue weighted by Gasteiger charge is 2.31. The van der Waals surface area contributed by atoms with E-state index in [1.165, 1.54) is 6.26 Å². The maximum Gasteiger partial charge on any atom is 0.220 e. The van der Waals surface area contributed by atoms with Crippen molar-refractivity contribution in [2.75, 3.05) is 6.54 Å². The van der Waals surface area contributed by atoms with Crippen LogP contribution in [0.5, 0.6) is 0 Å². The molecule has 6 heteroatoms. The number of benzene rings is 1. The molecular formula is C20H27NO4S. The lowest BCUT2D eigenvalue weighted by molar-refractivity contribution is -0.121. The van der Waals surface area contributed by atoms with Crippen molar-refractivity contribution in [1.29, 1.82) is 0 Å². The van der Waals surface area contributed by atoms with E-state index in [1.54, 1.807) is 24.3 Å². The van der Waals surface area contributed by atoms with E-state index >= 15 is 0 Å². The lowest BCUT2D eigenvalue weighted by Crippen LogP contribution is -2.31. The number of hydrogen-bond acceptors (Lipinski definition) is 4. The molecule has 0 saturated heterocycles. The molecule has 1 aromatic carbocycles. The highest BCUT2D eigenvalue weighted by molar-refractivity contribution is 7.91. The molecule has 1 amide bonds. The highest BCUT2D eigenvalue weighted by Crippen LogP contribution is 2.30. The van der Waals surface area contributed by atoms with Gasteiger partial charge in [0.2, 0.25) is 5.91 Å². The third-order valence-corrected chi connectivity index (χ3v) is 6.43. The SMILES string of the molecule is CCCCC(=O)NC[C@@H](c1ccco1)S(=O)(=O)c1ccc(C(C)C)cc1. The van der Waals surface area contributed by atoms with E-state index in [9.17, 15) is 13.2 Å². The molecule has 26 heavy (non-hydrogen) atoms. The van der Waals surface area contributed by atoms with Crippen molar-refractivity contribution in [3.05, 3.63) is 54.0 Å². The number of hydrogen-bond donors (Lipinski definition) is 1. The number of sulfone groups is 1. The summed E-state index contributed by atoms with van der Waals surface area (Å²) in [5.41, 5.74) is 1.08. The van der Waals surface area contributed by atoms with Gasteiger partial charge in [-0.1, -0.05) is 39.3 Å². The maximum absolute atomic E-state index is 13.1. The standard InChI is InChI=1S/C20H27NO4S/c1-4-5-8-20(22)21-14-19(18-7-6-13-25-18)26(23,24)17-11-9-16(10-12-17)15(2)3/h6-7,9-13,15,19H,4-5,8,14H2,1-3H3,(H,21,22)/t19-/m0/s1. The van der Waals surface area contributed by atoms with Crippen LogP contribution in [0.2, 0.25) is 0 Å². The predicted octanol–water partition coefficient (Wildman–Crippen LogP) is 4.22. The van der Waals surface area contributed by atoms with E-state index < -0.39 is 15.1 Å². The van der Waals surface area contributed by atoms with E-state index in [4.69, 9.17) is 4.42 Å². The van der Waals surface area contributed by atoms with Crippen LogP contribution in [-0.4, -0.2) is 20.9 Å². The molecule has 0 spiro atoms. The largest absolute Gasteiger partial charge is 0.468 e. The number of carbonyl (C=O) groups excluding carboxylic acids is 1. The summed E-state index contributed by atoms with van der Waals surface area (Å²) in [7, 11) is -3.69. The molecule has 0 unspecified atom stereocenters. The van der Waals surface area contributed by atoms with E-state index in [0.29, 0.717) is 18.1 Å². The van der Waals surface area contributed by atoms with Crippen LogP contribution in [0.1, 0.15) is 62.5 Å². The zero-order valence-corrected chi connectivity index (χ0v) is 16.4. The molecule has 0 bridgehead atoms. The molecule has 0 radical (unpaired) electrons. The molecule has 2 rings (SSSR count).